The molecule has 0 unspecified atom stereocenters. The fraction of sp³-hybridized carbons (Fsp3) is 0.105. The van der Waals surface area contributed by atoms with Gasteiger partial charge in [-0.15, -0.1) is 0 Å². The van der Waals surface area contributed by atoms with Gasteiger partial charge in [-0.1, -0.05) is 18.2 Å². The number of rotatable bonds is 4. The maximum absolute atomic E-state index is 5.21. The number of ether oxygens (including phenoxy) is 1. The maximum Gasteiger partial charge on any atom is 0.212 e. The molecule has 0 fully saturated rings. The molecule has 104 valence electrons. The van der Waals surface area contributed by atoms with Crippen molar-refractivity contribution in [2.24, 2.45) is 0 Å². The van der Waals surface area contributed by atoms with Crippen LogP contribution < -0.4 is 9.30 Å². The molecule has 2 nitrogen and oxygen atoms in total. The van der Waals surface area contributed by atoms with E-state index >= 15 is 0 Å². The molecule has 0 bridgehead atoms. The number of hydrogen-bond acceptors (Lipinski definition) is 1. The third kappa shape index (κ3) is 3.11. The van der Waals surface area contributed by atoms with Crippen LogP contribution in [0.3, 0.4) is 0 Å². The summed E-state index contributed by atoms with van der Waals surface area (Å²) in [6, 6.07) is 25.0. The number of hydrogen-bond donors (Lipinski definition) is 0. The molecule has 0 spiro atoms. The zero-order valence-electron chi connectivity index (χ0n) is 12.1. The highest BCUT2D eigenvalue weighted by Crippen LogP contribution is 2.15. The molecule has 0 saturated heterocycles. The summed E-state index contributed by atoms with van der Waals surface area (Å²) in [5.74, 6) is 0.889. The fourth-order valence-electron chi connectivity index (χ4n) is 2.41. The van der Waals surface area contributed by atoms with Gasteiger partial charge in [-0.2, -0.15) is 4.57 Å². The van der Waals surface area contributed by atoms with Crippen molar-refractivity contribution in [1.29, 1.82) is 0 Å². The largest absolute Gasteiger partial charge is 0.497 e. The minimum absolute atomic E-state index is 0.842. The highest BCUT2D eigenvalue weighted by Gasteiger charge is 2.12. The van der Waals surface area contributed by atoms with E-state index in [9.17, 15) is 0 Å². The zero-order chi connectivity index (χ0) is 14.5. The molecule has 0 aliphatic heterocycles. The van der Waals surface area contributed by atoms with Crippen molar-refractivity contribution in [3.8, 4) is 17.0 Å². The quantitative estimate of drug-likeness (QED) is 0.662. The number of nitrogens with zero attached hydrogens (tertiary/aromatic N) is 1. The smallest absolute Gasteiger partial charge is 0.212 e. The Hall–Kier alpha value is -2.61. The molecule has 0 aliphatic rings. The van der Waals surface area contributed by atoms with Crippen LogP contribution in [0.15, 0.2) is 79.0 Å². The first-order valence-electron chi connectivity index (χ1n) is 7.03. The zero-order valence-corrected chi connectivity index (χ0v) is 12.1. The van der Waals surface area contributed by atoms with E-state index in [0.29, 0.717) is 0 Å². The lowest BCUT2D eigenvalue weighted by Crippen LogP contribution is -2.36. The molecule has 2 aromatic carbocycles. The number of pyridine rings is 1. The van der Waals surface area contributed by atoms with Gasteiger partial charge in [0, 0.05) is 23.3 Å². The van der Waals surface area contributed by atoms with Crippen molar-refractivity contribution in [1.82, 2.24) is 0 Å². The normalized spacial score (nSPS) is 10.3. The molecule has 0 atom stereocenters. The number of methoxy groups -OCH3 is 1. The molecule has 0 radical (unpaired) electrons. The van der Waals surface area contributed by atoms with E-state index in [1.54, 1.807) is 7.11 Å². The predicted molar refractivity (Wildman–Crippen MR) is 84.2 cm³/mol. The Morgan fingerprint density at radius 3 is 2.24 bits per heavy atom. The maximum atomic E-state index is 5.21. The average Bonchev–Trinajstić information content (AvgIpc) is 2.57. The predicted octanol–water partition coefficient (Wildman–Crippen LogP) is 3.70. The first kappa shape index (κ1) is 13.4. The van der Waals surface area contributed by atoms with Crippen LogP contribution in [0.4, 0.5) is 0 Å². The second kappa shape index (κ2) is 6.23. The first-order chi connectivity index (χ1) is 10.4. The summed E-state index contributed by atoms with van der Waals surface area (Å²) < 4.78 is 7.47. The van der Waals surface area contributed by atoms with E-state index in [1.165, 1.54) is 16.8 Å². The summed E-state index contributed by atoms with van der Waals surface area (Å²) in [6.45, 7) is 0.842. The highest BCUT2D eigenvalue weighted by atomic mass is 16.5. The summed E-state index contributed by atoms with van der Waals surface area (Å²) >= 11 is 0. The van der Waals surface area contributed by atoms with Crippen molar-refractivity contribution in [3.05, 3.63) is 84.6 Å². The Kier molecular flexibility index (Phi) is 3.97. The van der Waals surface area contributed by atoms with Crippen molar-refractivity contribution in [2.75, 3.05) is 7.11 Å². The molecule has 0 amide bonds. The van der Waals surface area contributed by atoms with Crippen LogP contribution >= 0.6 is 0 Å². The molecule has 0 aliphatic carbocycles. The summed E-state index contributed by atoms with van der Waals surface area (Å²) in [5.41, 5.74) is 3.70. The van der Waals surface area contributed by atoms with Crippen LogP contribution in [0.25, 0.3) is 11.3 Å². The average molecular weight is 276 g/mol. The molecule has 3 aromatic rings. The van der Waals surface area contributed by atoms with Crippen LogP contribution in [0.2, 0.25) is 0 Å². The van der Waals surface area contributed by atoms with Crippen LogP contribution in [0.5, 0.6) is 5.75 Å². The van der Waals surface area contributed by atoms with Gasteiger partial charge >= 0.3 is 0 Å². The number of benzene rings is 2. The summed E-state index contributed by atoms with van der Waals surface area (Å²) in [6.07, 6.45) is 2.12. The lowest BCUT2D eigenvalue weighted by Gasteiger charge is -2.05. The minimum atomic E-state index is 0.842. The molecule has 3 rings (SSSR count). The van der Waals surface area contributed by atoms with E-state index in [2.05, 4.69) is 65.4 Å². The standard InChI is InChI=1S/C19H18NO/c1-21-18-12-10-16(11-13-18)15-20-14-6-5-9-19(20)17-7-3-2-4-8-17/h2-14H,15H2,1H3/q+1. The van der Waals surface area contributed by atoms with Gasteiger partial charge in [0.15, 0.2) is 12.7 Å². The Morgan fingerprint density at radius 1 is 0.810 bits per heavy atom. The molecule has 1 heterocycles. The van der Waals surface area contributed by atoms with Crippen molar-refractivity contribution in [3.63, 3.8) is 0 Å². The monoisotopic (exact) mass is 276 g/mol. The number of aromatic nitrogens is 1. The first-order valence-corrected chi connectivity index (χ1v) is 7.03. The van der Waals surface area contributed by atoms with Gasteiger partial charge in [0.25, 0.3) is 0 Å². The molecular formula is C19H18NO+. The van der Waals surface area contributed by atoms with Crippen molar-refractivity contribution >= 4 is 0 Å². The minimum Gasteiger partial charge on any atom is -0.497 e. The van der Waals surface area contributed by atoms with E-state index < -0.39 is 0 Å². The van der Waals surface area contributed by atoms with Gasteiger partial charge in [0.05, 0.1) is 7.11 Å². The summed E-state index contributed by atoms with van der Waals surface area (Å²) in [4.78, 5) is 0. The second-order valence-corrected chi connectivity index (χ2v) is 4.93. The third-order valence-electron chi connectivity index (χ3n) is 3.52. The Balaban J connectivity index is 1.92. The van der Waals surface area contributed by atoms with Crippen LogP contribution in [-0.4, -0.2) is 7.11 Å². The van der Waals surface area contributed by atoms with E-state index in [4.69, 9.17) is 4.74 Å². The van der Waals surface area contributed by atoms with E-state index in [0.717, 1.165) is 12.3 Å². The molecule has 2 heteroatoms. The van der Waals surface area contributed by atoms with Crippen molar-refractivity contribution in [2.45, 2.75) is 6.54 Å². The fourth-order valence-corrected chi connectivity index (χ4v) is 2.41. The molecule has 21 heavy (non-hydrogen) atoms. The Morgan fingerprint density at radius 2 is 1.52 bits per heavy atom. The molecule has 1 aromatic heterocycles. The van der Waals surface area contributed by atoms with Crippen molar-refractivity contribution < 1.29 is 9.30 Å². The van der Waals surface area contributed by atoms with E-state index in [1.807, 2.05) is 18.2 Å². The van der Waals surface area contributed by atoms with Gasteiger partial charge in [0.2, 0.25) is 5.69 Å². The topological polar surface area (TPSA) is 13.1 Å². The van der Waals surface area contributed by atoms with Gasteiger partial charge in [-0.25, -0.2) is 0 Å². The van der Waals surface area contributed by atoms with Crippen LogP contribution in [0, 0.1) is 0 Å². The van der Waals surface area contributed by atoms with Gasteiger partial charge in [-0.3, -0.25) is 0 Å². The molecule has 0 N–H and O–H groups in total. The van der Waals surface area contributed by atoms with Gasteiger partial charge in [-0.05, 0) is 42.5 Å². The Bertz CT molecular complexity index is 705. The molecule has 0 saturated carbocycles. The van der Waals surface area contributed by atoms with Gasteiger partial charge < -0.3 is 4.74 Å². The van der Waals surface area contributed by atoms with Gasteiger partial charge in [0.1, 0.15) is 5.75 Å². The van der Waals surface area contributed by atoms with E-state index in [-0.39, 0.29) is 0 Å². The van der Waals surface area contributed by atoms with Crippen LogP contribution in [0.1, 0.15) is 5.56 Å². The second-order valence-electron chi connectivity index (χ2n) is 4.93. The molecular weight excluding hydrogens is 258 g/mol. The highest BCUT2D eigenvalue weighted by molar-refractivity contribution is 5.55. The lowest BCUT2D eigenvalue weighted by atomic mass is 10.1. The third-order valence-corrected chi connectivity index (χ3v) is 3.52. The SMILES string of the molecule is COc1ccc(C[n+]2ccccc2-c2ccccc2)cc1. The lowest BCUT2D eigenvalue weighted by molar-refractivity contribution is -0.677. The summed E-state index contributed by atoms with van der Waals surface area (Å²) in [7, 11) is 1.69. The van der Waals surface area contributed by atoms with Crippen LogP contribution in [-0.2, 0) is 6.54 Å². The Labute approximate surface area is 125 Å². The summed E-state index contributed by atoms with van der Waals surface area (Å²) in [5, 5.41) is 0.